The van der Waals surface area contributed by atoms with Crippen molar-refractivity contribution in [3.63, 3.8) is 0 Å². The summed E-state index contributed by atoms with van der Waals surface area (Å²) >= 11 is 0. The van der Waals surface area contributed by atoms with Gasteiger partial charge in [0.1, 0.15) is 0 Å². The fourth-order valence-electron chi connectivity index (χ4n) is 1.43. The third kappa shape index (κ3) is 3.76. The second-order valence-electron chi connectivity index (χ2n) is 3.04. The van der Waals surface area contributed by atoms with Crippen molar-refractivity contribution >= 4 is 33.8 Å². The van der Waals surface area contributed by atoms with Crippen LogP contribution in [0.1, 0.15) is 5.56 Å². The summed E-state index contributed by atoms with van der Waals surface area (Å²) in [6.07, 6.45) is 0. The second kappa shape index (κ2) is 7.22. The van der Waals surface area contributed by atoms with E-state index < -0.39 is 0 Å². The van der Waals surface area contributed by atoms with Crippen LogP contribution in [0.4, 0.5) is 0 Å². The molecule has 0 radical (unpaired) electrons. The summed E-state index contributed by atoms with van der Waals surface area (Å²) in [5, 5.41) is 2.47. The predicted molar refractivity (Wildman–Crippen MR) is 59.3 cm³/mol. The molecule has 0 aliphatic rings. The van der Waals surface area contributed by atoms with Gasteiger partial charge in [-0.3, -0.25) is 0 Å². The quantitative estimate of drug-likeness (QED) is 0.526. The van der Waals surface area contributed by atoms with Crippen molar-refractivity contribution in [3.8, 4) is 0 Å². The molecule has 0 aliphatic carbocycles. The van der Waals surface area contributed by atoms with Crippen LogP contribution in [0.3, 0.4) is 0 Å². The Morgan fingerprint density at radius 2 is 2.00 bits per heavy atom. The number of halogens is 1. The zero-order valence-corrected chi connectivity index (χ0v) is 11.7. The van der Waals surface area contributed by atoms with E-state index >= 15 is 0 Å². The summed E-state index contributed by atoms with van der Waals surface area (Å²) in [6.45, 7) is 0.675. The standard InChI is InChI=1S/C12H11O.BrH.Mg/c1-13-9-10-6-7-11-4-2-3-5-12(11)8-10;;/h3-8H,9H2,1H3;1H;/q-1;;+2/p-1. The van der Waals surface area contributed by atoms with Gasteiger partial charge in [-0.1, -0.05) is 12.1 Å². The van der Waals surface area contributed by atoms with Gasteiger partial charge in [0, 0.05) is 7.11 Å². The van der Waals surface area contributed by atoms with E-state index in [1.54, 1.807) is 7.11 Å². The van der Waals surface area contributed by atoms with E-state index in [1.807, 2.05) is 12.1 Å². The summed E-state index contributed by atoms with van der Waals surface area (Å²) in [5.74, 6) is 0. The SMILES string of the molecule is COCc1ccc2c[c-]ccc2c1.[Br-].[Mg+2]. The Hall–Kier alpha value is -0.0938. The van der Waals surface area contributed by atoms with E-state index in [2.05, 4.69) is 30.3 Å². The average molecular weight is 275 g/mol. The summed E-state index contributed by atoms with van der Waals surface area (Å²) < 4.78 is 5.07. The molecule has 2 aromatic carbocycles. The molecule has 3 heteroatoms. The first-order valence-electron chi connectivity index (χ1n) is 4.28. The Balaban J connectivity index is 0.000000980. The molecule has 0 aliphatic heterocycles. The molecule has 0 bridgehead atoms. The Morgan fingerprint density at radius 3 is 2.73 bits per heavy atom. The van der Waals surface area contributed by atoms with Gasteiger partial charge in [0.25, 0.3) is 0 Å². The van der Waals surface area contributed by atoms with Crippen LogP contribution in [-0.4, -0.2) is 30.2 Å². The topological polar surface area (TPSA) is 9.23 Å². The van der Waals surface area contributed by atoms with E-state index in [0.717, 1.165) is 0 Å². The second-order valence-corrected chi connectivity index (χ2v) is 3.04. The van der Waals surface area contributed by atoms with Crippen molar-refractivity contribution < 1.29 is 21.7 Å². The molecule has 0 N–H and O–H groups in total. The Labute approximate surface area is 117 Å². The molecular weight excluding hydrogens is 264 g/mol. The third-order valence-corrected chi connectivity index (χ3v) is 2.06. The van der Waals surface area contributed by atoms with Crippen LogP contribution in [0.15, 0.2) is 36.4 Å². The first kappa shape index (κ1) is 14.9. The summed E-state index contributed by atoms with van der Waals surface area (Å²) in [4.78, 5) is 0. The van der Waals surface area contributed by atoms with E-state index in [1.165, 1.54) is 16.3 Å². The molecule has 2 aromatic rings. The van der Waals surface area contributed by atoms with E-state index in [0.29, 0.717) is 6.61 Å². The number of fused-ring (bicyclic) bond motifs is 1. The van der Waals surface area contributed by atoms with Crippen LogP contribution in [0.25, 0.3) is 10.8 Å². The van der Waals surface area contributed by atoms with E-state index in [-0.39, 0.29) is 40.0 Å². The fraction of sp³-hybridized carbons (Fsp3) is 0.167. The van der Waals surface area contributed by atoms with Crippen molar-refractivity contribution in [1.29, 1.82) is 0 Å². The van der Waals surface area contributed by atoms with Crippen LogP contribution in [-0.2, 0) is 11.3 Å². The largest absolute Gasteiger partial charge is 2.00 e. The molecule has 0 atom stereocenters. The molecule has 2 rings (SSSR count). The van der Waals surface area contributed by atoms with Gasteiger partial charge in [-0.25, -0.2) is 0 Å². The van der Waals surface area contributed by atoms with Crippen LogP contribution in [0.2, 0.25) is 0 Å². The minimum atomic E-state index is 0. The summed E-state index contributed by atoms with van der Waals surface area (Å²) in [6, 6.07) is 15.4. The molecule has 0 spiro atoms. The monoisotopic (exact) mass is 274 g/mol. The van der Waals surface area contributed by atoms with Gasteiger partial charge < -0.3 is 21.7 Å². The number of rotatable bonds is 2. The van der Waals surface area contributed by atoms with Gasteiger partial charge in [-0.05, 0) is 5.56 Å². The summed E-state index contributed by atoms with van der Waals surface area (Å²) in [5.41, 5.74) is 1.21. The molecule has 1 nitrogen and oxygen atoms in total. The van der Waals surface area contributed by atoms with Crippen molar-refractivity contribution in [3.05, 3.63) is 48.0 Å². The Morgan fingerprint density at radius 1 is 1.20 bits per heavy atom. The van der Waals surface area contributed by atoms with Crippen LogP contribution < -0.4 is 17.0 Å². The molecule has 0 fully saturated rings. The minimum Gasteiger partial charge on any atom is -1.00 e. The first-order valence-corrected chi connectivity index (χ1v) is 4.28. The summed E-state index contributed by atoms with van der Waals surface area (Å²) in [7, 11) is 1.71. The van der Waals surface area contributed by atoms with Crippen LogP contribution in [0, 0.1) is 6.07 Å². The van der Waals surface area contributed by atoms with Gasteiger partial charge >= 0.3 is 23.1 Å². The van der Waals surface area contributed by atoms with Crippen LogP contribution >= 0.6 is 0 Å². The van der Waals surface area contributed by atoms with Gasteiger partial charge in [0.2, 0.25) is 0 Å². The maximum Gasteiger partial charge on any atom is 2.00 e. The molecule has 0 saturated heterocycles. The molecule has 0 heterocycles. The minimum absolute atomic E-state index is 0. The zero-order valence-electron chi connectivity index (χ0n) is 8.66. The molecular formula is C12H11BrMgO. The van der Waals surface area contributed by atoms with Gasteiger partial charge in [0.05, 0.1) is 6.61 Å². The maximum absolute atomic E-state index is 5.07. The van der Waals surface area contributed by atoms with Crippen molar-refractivity contribution in [2.24, 2.45) is 0 Å². The smallest absolute Gasteiger partial charge is 1.00 e. The molecule has 0 amide bonds. The predicted octanol–water partition coefficient (Wildman–Crippen LogP) is -0.590. The number of hydrogen-bond donors (Lipinski definition) is 0. The van der Waals surface area contributed by atoms with Crippen molar-refractivity contribution in [2.45, 2.75) is 6.61 Å². The molecule has 0 unspecified atom stereocenters. The van der Waals surface area contributed by atoms with Crippen LogP contribution in [0.5, 0.6) is 0 Å². The fourth-order valence-corrected chi connectivity index (χ4v) is 1.43. The van der Waals surface area contributed by atoms with Crippen molar-refractivity contribution in [2.75, 3.05) is 7.11 Å². The Bertz CT molecular complexity index is 417. The van der Waals surface area contributed by atoms with Gasteiger partial charge in [0.15, 0.2) is 0 Å². The van der Waals surface area contributed by atoms with Crippen molar-refractivity contribution in [1.82, 2.24) is 0 Å². The number of ether oxygens (including phenoxy) is 1. The number of benzene rings is 2. The van der Waals surface area contributed by atoms with Gasteiger partial charge in [-0.15, -0.1) is 16.8 Å². The van der Waals surface area contributed by atoms with E-state index in [9.17, 15) is 0 Å². The molecule has 15 heavy (non-hydrogen) atoms. The normalized spacial score (nSPS) is 9.13. The molecule has 0 aromatic heterocycles. The van der Waals surface area contributed by atoms with E-state index in [4.69, 9.17) is 4.74 Å². The average Bonchev–Trinajstić information content (AvgIpc) is 2.18. The zero-order chi connectivity index (χ0) is 9.10. The first-order chi connectivity index (χ1) is 6.40. The molecule has 74 valence electrons. The maximum atomic E-state index is 5.07. The third-order valence-electron chi connectivity index (χ3n) is 2.06. The van der Waals surface area contributed by atoms with Gasteiger partial charge in [-0.2, -0.15) is 24.3 Å². The Kier molecular flexibility index (Phi) is 7.18. The number of hydrogen-bond acceptors (Lipinski definition) is 1. The number of methoxy groups -OCH3 is 1. The molecule has 0 saturated carbocycles.